The number of nitrogens with zero attached hydrogens (tertiary/aromatic N) is 5. The minimum atomic E-state index is -0.128. The largest absolute Gasteiger partial charge is 0.490 e. The molecule has 0 unspecified atom stereocenters. The van der Waals surface area contributed by atoms with E-state index < -0.39 is 0 Å². The van der Waals surface area contributed by atoms with Crippen LogP contribution in [0.5, 0.6) is 5.75 Å². The number of likely N-dealkylation sites (tertiary alicyclic amines) is 1. The zero-order valence-electron chi connectivity index (χ0n) is 21.0. The molecule has 0 saturated carbocycles. The summed E-state index contributed by atoms with van der Waals surface area (Å²) in [5, 5.41) is 4.93. The molecule has 0 aliphatic carbocycles. The lowest BCUT2D eigenvalue weighted by Gasteiger charge is -2.40. The Bertz CT molecular complexity index is 1020. The number of halogens is 1. The molecule has 2 saturated heterocycles. The third-order valence-electron chi connectivity index (χ3n) is 7.36. The van der Waals surface area contributed by atoms with E-state index in [9.17, 15) is 9.59 Å². The molecule has 0 N–H and O–H groups in total. The van der Waals surface area contributed by atoms with E-state index in [1.807, 2.05) is 46.8 Å². The molecule has 0 radical (unpaired) electrons. The number of amides is 2. The predicted octanol–water partition coefficient (Wildman–Crippen LogP) is 2.77. The number of piperidine rings is 1. The quantitative estimate of drug-likeness (QED) is 0.583. The standard InChI is InChI=1S/C26H36ClN5O3/c1-19-20(17-28-30(19)3)4-9-25(33)32-11-10-24(35-23-7-5-22(27)6-8-23)21(18-32)16-26(34)31-14-12-29(2)13-15-31/h5-8,17,21,24H,4,9-16,18H2,1-3H3/t21-,24-/m0/s1. The monoisotopic (exact) mass is 501 g/mol. The number of benzene rings is 1. The first-order chi connectivity index (χ1) is 16.8. The molecular formula is C26H36ClN5O3. The number of rotatable bonds is 7. The lowest BCUT2D eigenvalue weighted by atomic mass is 9.90. The van der Waals surface area contributed by atoms with Gasteiger partial charge < -0.3 is 19.4 Å². The molecule has 35 heavy (non-hydrogen) atoms. The molecule has 8 nitrogen and oxygen atoms in total. The van der Waals surface area contributed by atoms with Gasteiger partial charge in [0, 0.05) is 82.2 Å². The first kappa shape index (κ1) is 25.5. The number of piperazine rings is 1. The third kappa shape index (κ3) is 6.55. The summed E-state index contributed by atoms with van der Waals surface area (Å²) >= 11 is 6.03. The average molecular weight is 502 g/mol. The average Bonchev–Trinajstić information content (AvgIpc) is 3.17. The van der Waals surface area contributed by atoms with Crippen LogP contribution in [0.15, 0.2) is 30.5 Å². The molecule has 1 aromatic carbocycles. The van der Waals surface area contributed by atoms with E-state index in [0.29, 0.717) is 43.8 Å². The van der Waals surface area contributed by atoms with E-state index in [1.165, 1.54) is 0 Å². The van der Waals surface area contributed by atoms with Crippen LogP contribution in [0.3, 0.4) is 0 Å². The van der Waals surface area contributed by atoms with Crippen molar-refractivity contribution in [3.8, 4) is 5.75 Å². The molecule has 2 aliphatic rings. The predicted molar refractivity (Wildman–Crippen MR) is 136 cm³/mol. The van der Waals surface area contributed by atoms with Crippen LogP contribution in [0.2, 0.25) is 5.02 Å². The van der Waals surface area contributed by atoms with E-state index in [-0.39, 0.29) is 23.8 Å². The Kier molecular flexibility index (Phi) is 8.34. The molecule has 0 bridgehead atoms. The molecule has 9 heteroatoms. The molecular weight excluding hydrogens is 466 g/mol. The highest BCUT2D eigenvalue weighted by atomic mass is 35.5. The van der Waals surface area contributed by atoms with Crippen LogP contribution in [-0.2, 0) is 23.1 Å². The second-order valence-corrected chi connectivity index (χ2v) is 10.2. The van der Waals surface area contributed by atoms with Crippen molar-refractivity contribution in [2.75, 3.05) is 46.3 Å². The highest BCUT2D eigenvalue weighted by Gasteiger charge is 2.35. The number of hydrogen-bond donors (Lipinski definition) is 0. The van der Waals surface area contributed by atoms with Crippen LogP contribution in [-0.4, -0.2) is 88.7 Å². The summed E-state index contributed by atoms with van der Waals surface area (Å²) < 4.78 is 8.15. The van der Waals surface area contributed by atoms with Crippen molar-refractivity contribution in [2.45, 2.75) is 38.7 Å². The normalized spacial score (nSPS) is 21.3. The molecule has 2 amide bonds. The molecule has 0 spiro atoms. The van der Waals surface area contributed by atoms with Crippen molar-refractivity contribution in [3.63, 3.8) is 0 Å². The van der Waals surface area contributed by atoms with Gasteiger partial charge in [-0.3, -0.25) is 14.3 Å². The van der Waals surface area contributed by atoms with Crippen LogP contribution in [0.4, 0.5) is 0 Å². The fraction of sp³-hybridized carbons (Fsp3) is 0.577. The second-order valence-electron chi connectivity index (χ2n) is 9.77. The van der Waals surface area contributed by atoms with Gasteiger partial charge >= 0.3 is 0 Å². The SMILES string of the molecule is Cc1c(CCC(=O)N2CC[C@H](Oc3ccc(Cl)cc3)[C@@H](CC(=O)N3CCN(C)CC3)C2)cnn1C. The van der Waals surface area contributed by atoms with Gasteiger partial charge in [-0.25, -0.2) is 0 Å². The van der Waals surface area contributed by atoms with Crippen LogP contribution in [0.1, 0.15) is 30.5 Å². The van der Waals surface area contributed by atoms with Gasteiger partial charge in [-0.15, -0.1) is 0 Å². The molecule has 2 aliphatic heterocycles. The number of carbonyl (C=O) groups is 2. The maximum Gasteiger partial charge on any atom is 0.223 e. The Morgan fingerprint density at radius 2 is 1.74 bits per heavy atom. The van der Waals surface area contributed by atoms with Crippen molar-refractivity contribution in [1.29, 1.82) is 0 Å². The first-order valence-corrected chi connectivity index (χ1v) is 12.8. The number of hydrogen-bond acceptors (Lipinski definition) is 5. The first-order valence-electron chi connectivity index (χ1n) is 12.4. The van der Waals surface area contributed by atoms with Gasteiger partial charge in [0.25, 0.3) is 0 Å². The summed E-state index contributed by atoms with van der Waals surface area (Å²) in [4.78, 5) is 32.4. The van der Waals surface area contributed by atoms with Gasteiger partial charge in [-0.05, 0) is 50.2 Å². The van der Waals surface area contributed by atoms with Crippen LogP contribution in [0.25, 0.3) is 0 Å². The van der Waals surface area contributed by atoms with Gasteiger partial charge in [-0.1, -0.05) is 11.6 Å². The fourth-order valence-corrected chi connectivity index (χ4v) is 5.00. The number of carbonyl (C=O) groups excluding carboxylic acids is 2. The Hall–Kier alpha value is -2.58. The van der Waals surface area contributed by atoms with Crippen molar-refractivity contribution in [1.82, 2.24) is 24.5 Å². The van der Waals surface area contributed by atoms with Gasteiger partial charge in [0.15, 0.2) is 0 Å². The Morgan fingerprint density at radius 1 is 1.03 bits per heavy atom. The van der Waals surface area contributed by atoms with Crippen LogP contribution >= 0.6 is 11.6 Å². The fourth-order valence-electron chi connectivity index (χ4n) is 4.87. The van der Waals surface area contributed by atoms with Crippen molar-refractivity contribution in [2.24, 2.45) is 13.0 Å². The molecule has 1 aromatic heterocycles. The summed E-state index contributed by atoms with van der Waals surface area (Å²) in [7, 11) is 3.99. The van der Waals surface area contributed by atoms with E-state index in [0.717, 1.165) is 43.2 Å². The summed E-state index contributed by atoms with van der Waals surface area (Å²) in [6.07, 6.45) is 3.90. The maximum atomic E-state index is 13.2. The van der Waals surface area contributed by atoms with Gasteiger partial charge in [0.1, 0.15) is 11.9 Å². The van der Waals surface area contributed by atoms with E-state index in [1.54, 1.807) is 12.1 Å². The van der Waals surface area contributed by atoms with Crippen LogP contribution in [0, 0.1) is 12.8 Å². The molecule has 2 fully saturated rings. The van der Waals surface area contributed by atoms with Gasteiger partial charge in [0.2, 0.25) is 11.8 Å². The number of aryl methyl sites for hydroxylation is 2. The highest BCUT2D eigenvalue weighted by Crippen LogP contribution is 2.28. The van der Waals surface area contributed by atoms with Crippen molar-refractivity contribution >= 4 is 23.4 Å². The van der Waals surface area contributed by atoms with E-state index in [2.05, 4.69) is 17.0 Å². The number of likely N-dealkylation sites (N-methyl/N-ethyl adjacent to an activating group) is 1. The Morgan fingerprint density at radius 3 is 2.40 bits per heavy atom. The highest BCUT2D eigenvalue weighted by molar-refractivity contribution is 6.30. The van der Waals surface area contributed by atoms with Crippen molar-refractivity contribution in [3.05, 3.63) is 46.7 Å². The minimum absolute atomic E-state index is 0.0596. The molecule has 2 aromatic rings. The molecule has 4 rings (SSSR count). The van der Waals surface area contributed by atoms with Gasteiger partial charge in [-0.2, -0.15) is 5.10 Å². The smallest absolute Gasteiger partial charge is 0.223 e. The number of aromatic nitrogens is 2. The lowest BCUT2D eigenvalue weighted by Crippen LogP contribution is -2.51. The lowest BCUT2D eigenvalue weighted by molar-refractivity contribution is -0.140. The Balaban J connectivity index is 1.41. The summed E-state index contributed by atoms with van der Waals surface area (Å²) in [6.45, 7) is 6.45. The second kappa shape index (κ2) is 11.4. The number of ether oxygens (including phenoxy) is 1. The molecule has 3 heterocycles. The zero-order chi connectivity index (χ0) is 24.9. The zero-order valence-corrected chi connectivity index (χ0v) is 21.7. The minimum Gasteiger partial charge on any atom is -0.490 e. The van der Waals surface area contributed by atoms with Crippen molar-refractivity contribution < 1.29 is 14.3 Å². The maximum absolute atomic E-state index is 13.2. The van der Waals surface area contributed by atoms with Crippen LogP contribution < -0.4 is 4.74 Å². The summed E-state index contributed by atoms with van der Waals surface area (Å²) in [5.74, 6) is 0.947. The van der Waals surface area contributed by atoms with E-state index >= 15 is 0 Å². The molecule has 2 atom stereocenters. The Labute approximate surface area is 212 Å². The third-order valence-corrected chi connectivity index (χ3v) is 7.61. The van der Waals surface area contributed by atoms with E-state index in [4.69, 9.17) is 16.3 Å². The van der Waals surface area contributed by atoms with Gasteiger partial charge in [0.05, 0.1) is 6.20 Å². The summed E-state index contributed by atoms with van der Waals surface area (Å²) in [6, 6.07) is 7.33. The molecule has 190 valence electrons. The topological polar surface area (TPSA) is 70.9 Å². The summed E-state index contributed by atoms with van der Waals surface area (Å²) in [5.41, 5.74) is 2.19.